The topological polar surface area (TPSA) is 176 Å². The maximum Gasteiger partial charge on any atom is 0.414 e. The monoisotopic (exact) mass is 546 g/mol. The number of rotatable bonds is 10. The molecule has 0 amide bonds. The van der Waals surface area contributed by atoms with Crippen molar-refractivity contribution in [1.29, 1.82) is 0 Å². The summed E-state index contributed by atoms with van der Waals surface area (Å²) in [6, 6.07) is 17.3. The lowest BCUT2D eigenvalue weighted by Gasteiger charge is -2.19. The van der Waals surface area contributed by atoms with E-state index in [1.54, 1.807) is 48.5 Å². The highest BCUT2D eigenvalue weighted by atomic mass is 35.5. The summed E-state index contributed by atoms with van der Waals surface area (Å²) in [4.78, 5) is 34.2. The van der Waals surface area contributed by atoms with Crippen molar-refractivity contribution in [1.82, 2.24) is 10.3 Å². The van der Waals surface area contributed by atoms with Crippen molar-refractivity contribution in [3.8, 4) is 11.6 Å². The first kappa shape index (κ1) is 30.2. The van der Waals surface area contributed by atoms with Crippen molar-refractivity contribution < 1.29 is 44.3 Å². The number of esters is 1. The fourth-order valence-corrected chi connectivity index (χ4v) is 3.34. The van der Waals surface area contributed by atoms with Crippen molar-refractivity contribution in [3.05, 3.63) is 88.6 Å². The second kappa shape index (κ2) is 15.3. The van der Waals surface area contributed by atoms with Gasteiger partial charge in [0.15, 0.2) is 0 Å². The molecule has 2 atom stereocenters. The number of carboxylic acids is 2. The SMILES string of the molecule is COC(=O)c1cccnc1Oc1ccc(C[C@@H](CO)NC[C@H](O)c2cccc(Cl)c2)cc1.O=C(O)C(=O)O. The molecule has 5 N–H and O–H groups in total. The van der Waals surface area contributed by atoms with Gasteiger partial charge in [-0.05, 0) is 53.9 Å². The minimum absolute atomic E-state index is 0.0864. The number of nitrogens with zero attached hydrogens (tertiary/aromatic N) is 1. The molecule has 12 heteroatoms. The molecule has 0 bridgehead atoms. The zero-order valence-electron chi connectivity index (χ0n) is 20.3. The lowest BCUT2D eigenvalue weighted by molar-refractivity contribution is -0.159. The summed E-state index contributed by atoms with van der Waals surface area (Å²) >= 11 is 5.97. The third-order valence-electron chi connectivity index (χ3n) is 5.03. The van der Waals surface area contributed by atoms with E-state index in [1.807, 2.05) is 12.1 Å². The lowest BCUT2D eigenvalue weighted by Crippen LogP contribution is -2.37. The molecule has 3 aromatic rings. The third-order valence-corrected chi connectivity index (χ3v) is 5.27. The maximum absolute atomic E-state index is 11.9. The Morgan fingerprint density at radius 3 is 2.29 bits per heavy atom. The van der Waals surface area contributed by atoms with Crippen molar-refractivity contribution in [2.75, 3.05) is 20.3 Å². The van der Waals surface area contributed by atoms with Crippen LogP contribution in [0.4, 0.5) is 0 Å². The van der Waals surface area contributed by atoms with E-state index in [4.69, 9.17) is 40.9 Å². The zero-order chi connectivity index (χ0) is 28.1. The number of aliphatic hydroxyl groups is 2. The average Bonchev–Trinajstić information content (AvgIpc) is 2.92. The number of nitrogens with one attached hydrogen (secondary N) is 1. The van der Waals surface area contributed by atoms with Crippen molar-refractivity contribution >= 4 is 29.5 Å². The van der Waals surface area contributed by atoms with Crippen LogP contribution >= 0.6 is 11.6 Å². The van der Waals surface area contributed by atoms with Crippen LogP contribution in [0.1, 0.15) is 27.6 Å². The lowest BCUT2D eigenvalue weighted by atomic mass is 10.1. The largest absolute Gasteiger partial charge is 0.473 e. The average molecular weight is 547 g/mol. The van der Waals surface area contributed by atoms with Crippen LogP contribution in [0.2, 0.25) is 5.02 Å². The molecular weight excluding hydrogens is 520 g/mol. The third kappa shape index (κ3) is 9.79. The summed E-state index contributed by atoms with van der Waals surface area (Å²) in [6.45, 7) is 0.194. The molecule has 0 aliphatic heterocycles. The van der Waals surface area contributed by atoms with Gasteiger partial charge >= 0.3 is 17.9 Å². The van der Waals surface area contributed by atoms with Crippen molar-refractivity contribution in [2.45, 2.75) is 18.6 Å². The molecule has 0 radical (unpaired) electrons. The summed E-state index contributed by atoms with van der Waals surface area (Å²) in [7, 11) is 1.30. The second-order valence-electron chi connectivity index (χ2n) is 7.77. The Kier molecular flexibility index (Phi) is 12.1. The van der Waals surface area contributed by atoms with Gasteiger partial charge in [0, 0.05) is 23.8 Å². The number of pyridine rings is 1. The molecule has 1 aromatic heterocycles. The van der Waals surface area contributed by atoms with E-state index in [2.05, 4.69) is 10.3 Å². The van der Waals surface area contributed by atoms with Gasteiger partial charge < -0.3 is 35.2 Å². The highest BCUT2D eigenvalue weighted by molar-refractivity contribution is 6.30. The van der Waals surface area contributed by atoms with E-state index in [9.17, 15) is 15.0 Å². The minimum atomic E-state index is -1.82. The van der Waals surface area contributed by atoms with Gasteiger partial charge in [-0.3, -0.25) is 0 Å². The van der Waals surface area contributed by atoms with Crippen LogP contribution in [0, 0.1) is 0 Å². The van der Waals surface area contributed by atoms with Crippen LogP contribution in [0.3, 0.4) is 0 Å². The van der Waals surface area contributed by atoms with Crippen LogP contribution in [-0.4, -0.2) is 69.6 Å². The molecule has 11 nitrogen and oxygen atoms in total. The molecule has 0 saturated heterocycles. The highest BCUT2D eigenvalue weighted by Crippen LogP contribution is 2.24. The highest BCUT2D eigenvalue weighted by Gasteiger charge is 2.16. The number of ether oxygens (including phenoxy) is 2. The molecule has 2 aromatic carbocycles. The molecule has 0 aliphatic rings. The number of aliphatic carboxylic acids is 2. The molecule has 202 valence electrons. The minimum Gasteiger partial charge on any atom is -0.473 e. The number of carbonyl (C=O) groups excluding carboxylic acids is 1. The van der Waals surface area contributed by atoms with Gasteiger partial charge in [0.2, 0.25) is 5.88 Å². The van der Waals surface area contributed by atoms with Crippen molar-refractivity contribution in [3.63, 3.8) is 0 Å². The van der Waals surface area contributed by atoms with Gasteiger partial charge in [-0.1, -0.05) is 35.9 Å². The fraction of sp³-hybridized carbons (Fsp3) is 0.231. The van der Waals surface area contributed by atoms with Gasteiger partial charge in [-0.15, -0.1) is 0 Å². The number of aliphatic hydroxyl groups excluding tert-OH is 2. The number of methoxy groups -OCH3 is 1. The smallest absolute Gasteiger partial charge is 0.414 e. The molecule has 0 fully saturated rings. The Morgan fingerprint density at radius 2 is 1.71 bits per heavy atom. The van der Waals surface area contributed by atoms with Crippen LogP contribution < -0.4 is 10.1 Å². The number of carboxylic acid groups (broad SMARTS) is 2. The predicted octanol–water partition coefficient (Wildman–Crippen LogP) is 2.70. The first-order chi connectivity index (χ1) is 18.1. The number of halogens is 1. The summed E-state index contributed by atoms with van der Waals surface area (Å²) in [5, 5.41) is 38.6. The Labute approximate surface area is 223 Å². The van der Waals surface area contributed by atoms with Gasteiger partial charge in [0.25, 0.3) is 0 Å². The zero-order valence-corrected chi connectivity index (χ0v) is 21.0. The number of hydrogen-bond donors (Lipinski definition) is 5. The van der Waals surface area contributed by atoms with E-state index < -0.39 is 24.0 Å². The van der Waals surface area contributed by atoms with Gasteiger partial charge in [-0.25, -0.2) is 19.4 Å². The number of hydrogen-bond acceptors (Lipinski definition) is 9. The Morgan fingerprint density at radius 1 is 1.03 bits per heavy atom. The summed E-state index contributed by atoms with van der Waals surface area (Å²) in [5.74, 6) is -3.49. The normalized spacial score (nSPS) is 11.9. The maximum atomic E-state index is 11.9. The summed E-state index contributed by atoms with van der Waals surface area (Å²) < 4.78 is 10.5. The Bertz CT molecular complexity index is 1210. The molecule has 0 saturated carbocycles. The molecular formula is C26H27ClN2O9. The number of aromatic nitrogens is 1. The van der Waals surface area contributed by atoms with E-state index in [-0.39, 0.29) is 30.6 Å². The Balaban J connectivity index is 0.000000757. The number of carbonyl (C=O) groups is 3. The van der Waals surface area contributed by atoms with Crippen LogP contribution in [0.5, 0.6) is 11.6 Å². The van der Waals surface area contributed by atoms with E-state index >= 15 is 0 Å². The molecule has 1 heterocycles. The van der Waals surface area contributed by atoms with Gasteiger partial charge in [0.1, 0.15) is 11.3 Å². The molecule has 0 aliphatic carbocycles. The van der Waals surface area contributed by atoms with Crippen molar-refractivity contribution in [2.24, 2.45) is 0 Å². The number of benzene rings is 2. The first-order valence-corrected chi connectivity index (χ1v) is 11.6. The van der Waals surface area contributed by atoms with Crippen LogP contribution in [-0.2, 0) is 20.7 Å². The van der Waals surface area contributed by atoms with Gasteiger partial charge in [-0.2, -0.15) is 0 Å². The predicted molar refractivity (Wildman–Crippen MR) is 136 cm³/mol. The molecule has 0 unspecified atom stereocenters. The Hall–Kier alpha value is -4.03. The first-order valence-electron chi connectivity index (χ1n) is 11.2. The summed E-state index contributed by atoms with van der Waals surface area (Å²) in [6.07, 6.45) is 1.35. The quantitative estimate of drug-likeness (QED) is 0.187. The van der Waals surface area contributed by atoms with E-state index in [1.165, 1.54) is 13.3 Å². The van der Waals surface area contributed by atoms with Gasteiger partial charge in [0.05, 0.1) is 19.8 Å². The second-order valence-corrected chi connectivity index (χ2v) is 8.20. The fourth-order valence-electron chi connectivity index (χ4n) is 3.14. The van der Waals surface area contributed by atoms with Crippen LogP contribution in [0.15, 0.2) is 66.9 Å². The molecule has 3 rings (SSSR count). The summed E-state index contributed by atoms with van der Waals surface area (Å²) in [5.41, 5.74) is 1.92. The standard InChI is InChI=1S/C24H25ClN2O5.C2H2O4/c1-31-24(30)21-6-3-11-26-23(21)32-20-9-7-16(8-10-20)12-19(15-28)27-14-22(29)17-4-2-5-18(25)13-17;3-1(4)2(5)6/h2-11,13,19,22,27-29H,12,14-15H2,1H3;(H,3,4)(H,5,6)/t19-,22-;/m0./s1. The van der Waals surface area contributed by atoms with Crippen LogP contribution in [0.25, 0.3) is 0 Å². The molecule has 0 spiro atoms. The van der Waals surface area contributed by atoms with E-state index in [0.717, 1.165) is 5.56 Å². The van der Waals surface area contributed by atoms with E-state index in [0.29, 0.717) is 22.8 Å². The molecule has 38 heavy (non-hydrogen) atoms.